The van der Waals surface area contributed by atoms with Gasteiger partial charge in [-0.05, 0) is 63.7 Å². The van der Waals surface area contributed by atoms with Gasteiger partial charge in [-0.1, -0.05) is 6.92 Å². The number of hydrogen-bond donors (Lipinski definition) is 0. The van der Waals surface area contributed by atoms with Crippen molar-refractivity contribution in [3.63, 3.8) is 0 Å². The molecule has 2 saturated heterocycles. The molecule has 2 aliphatic carbocycles. The van der Waals surface area contributed by atoms with E-state index in [4.69, 9.17) is 14.2 Å². The second-order valence-electron chi connectivity index (χ2n) is 8.66. The van der Waals surface area contributed by atoms with Crippen LogP contribution in [0.15, 0.2) is 0 Å². The van der Waals surface area contributed by atoms with Gasteiger partial charge in [0.15, 0.2) is 5.79 Å². The zero-order chi connectivity index (χ0) is 15.6. The highest BCUT2D eigenvalue weighted by Crippen LogP contribution is 2.65. The summed E-state index contributed by atoms with van der Waals surface area (Å²) in [4.78, 5) is 11.0. The molecule has 6 atom stereocenters. The lowest BCUT2D eigenvalue weighted by Gasteiger charge is -2.62. The molecular weight excluding hydrogens is 280 g/mol. The maximum absolute atomic E-state index is 11.0. The van der Waals surface area contributed by atoms with Gasteiger partial charge < -0.3 is 14.2 Å². The Morgan fingerprint density at radius 3 is 2.59 bits per heavy atom. The molecule has 0 N–H and O–H groups in total. The highest BCUT2D eigenvalue weighted by Gasteiger charge is 2.67. The first kappa shape index (κ1) is 14.9. The third-order valence-corrected chi connectivity index (χ3v) is 7.45. The Bertz CT molecular complexity index is 493. The van der Waals surface area contributed by atoms with Crippen LogP contribution in [0.25, 0.3) is 0 Å². The lowest BCUT2D eigenvalue weighted by molar-refractivity contribution is -0.267. The molecule has 2 aliphatic heterocycles. The van der Waals surface area contributed by atoms with Crippen molar-refractivity contribution >= 4 is 6.47 Å². The molecule has 2 bridgehead atoms. The summed E-state index contributed by atoms with van der Waals surface area (Å²) < 4.78 is 18.2. The van der Waals surface area contributed by atoms with E-state index in [1.807, 2.05) is 0 Å². The Hall–Kier alpha value is -0.610. The zero-order valence-electron chi connectivity index (χ0n) is 14.0. The fraction of sp³-hybridized carbons (Fsp3) is 0.944. The highest BCUT2D eigenvalue weighted by molar-refractivity contribution is 5.39. The minimum atomic E-state index is -0.364. The molecule has 0 aromatic rings. The quantitative estimate of drug-likeness (QED) is 0.733. The molecule has 4 heteroatoms. The average molecular weight is 308 g/mol. The number of carbonyl (C=O) groups is 1. The van der Waals surface area contributed by atoms with Crippen molar-refractivity contribution in [1.82, 2.24) is 0 Å². The van der Waals surface area contributed by atoms with Crippen molar-refractivity contribution < 1.29 is 19.0 Å². The third-order valence-electron chi connectivity index (χ3n) is 7.45. The second kappa shape index (κ2) is 4.47. The van der Waals surface area contributed by atoms with E-state index < -0.39 is 0 Å². The molecule has 2 saturated carbocycles. The number of rotatable bonds is 2. The van der Waals surface area contributed by atoms with Crippen molar-refractivity contribution in [3.05, 3.63) is 0 Å². The molecule has 124 valence electrons. The van der Waals surface area contributed by atoms with Gasteiger partial charge in [-0.3, -0.25) is 4.79 Å². The number of hydrogen-bond acceptors (Lipinski definition) is 4. The van der Waals surface area contributed by atoms with E-state index in [-0.39, 0.29) is 22.4 Å². The monoisotopic (exact) mass is 308 g/mol. The van der Waals surface area contributed by atoms with Crippen LogP contribution in [0.4, 0.5) is 0 Å². The predicted octanol–water partition coefficient (Wildman–Crippen LogP) is 3.43. The topological polar surface area (TPSA) is 44.8 Å². The van der Waals surface area contributed by atoms with Crippen LogP contribution in [-0.4, -0.2) is 30.1 Å². The van der Waals surface area contributed by atoms with Crippen LogP contribution in [0, 0.1) is 17.3 Å². The Labute approximate surface area is 132 Å². The molecule has 0 aromatic heterocycles. The van der Waals surface area contributed by atoms with E-state index in [9.17, 15) is 4.79 Å². The van der Waals surface area contributed by atoms with E-state index >= 15 is 0 Å². The van der Waals surface area contributed by atoms with Crippen molar-refractivity contribution in [3.8, 4) is 0 Å². The number of carbonyl (C=O) groups excluding carboxylic acids is 1. The molecule has 0 aromatic carbocycles. The summed E-state index contributed by atoms with van der Waals surface area (Å²) in [5.41, 5.74) is -0.225. The number of fused-ring (bicyclic) bond motifs is 3. The number of ether oxygens (including phenoxy) is 3. The van der Waals surface area contributed by atoms with Gasteiger partial charge in [0, 0.05) is 12.3 Å². The summed E-state index contributed by atoms with van der Waals surface area (Å²) in [7, 11) is 0. The van der Waals surface area contributed by atoms with Crippen molar-refractivity contribution in [2.24, 2.45) is 17.3 Å². The average Bonchev–Trinajstić information content (AvgIpc) is 2.69. The van der Waals surface area contributed by atoms with Crippen LogP contribution in [0.5, 0.6) is 0 Å². The second-order valence-corrected chi connectivity index (χ2v) is 8.66. The van der Waals surface area contributed by atoms with Gasteiger partial charge >= 0.3 is 0 Å². The van der Waals surface area contributed by atoms with Gasteiger partial charge in [0.25, 0.3) is 6.47 Å². The molecule has 22 heavy (non-hydrogen) atoms. The molecular formula is C18H28O4. The maximum atomic E-state index is 11.0. The van der Waals surface area contributed by atoms with Crippen LogP contribution in [0.2, 0.25) is 0 Å². The first-order valence-corrected chi connectivity index (χ1v) is 8.82. The standard InChI is InChI=1S/C18H28O4/c1-15-7-4-8-16(2,21-12-19)13(15)6-10-18-11-20-17(3,22-18)9-5-14(15)18/h12-14H,4-11H2,1-3H3/t13-,14-,15+,16+,17+,18+/m1/s1. The molecule has 1 spiro atoms. The Kier molecular flexibility index (Phi) is 3.04. The summed E-state index contributed by atoms with van der Waals surface area (Å²) in [6, 6.07) is 0. The zero-order valence-corrected chi connectivity index (χ0v) is 14.0. The molecule has 4 fully saturated rings. The van der Waals surface area contributed by atoms with Crippen LogP contribution < -0.4 is 0 Å². The predicted molar refractivity (Wildman–Crippen MR) is 81.1 cm³/mol. The van der Waals surface area contributed by atoms with Gasteiger partial charge in [0.05, 0.1) is 12.2 Å². The van der Waals surface area contributed by atoms with Gasteiger partial charge in [-0.15, -0.1) is 0 Å². The molecule has 0 radical (unpaired) electrons. The van der Waals surface area contributed by atoms with Gasteiger partial charge in [-0.25, -0.2) is 0 Å². The Morgan fingerprint density at radius 1 is 1.05 bits per heavy atom. The Morgan fingerprint density at radius 2 is 1.82 bits per heavy atom. The lowest BCUT2D eigenvalue weighted by atomic mass is 9.46. The molecule has 0 unspecified atom stereocenters. The highest BCUT2D eigenvalue weighted by atomic mass is 16.8. The molecule has 2 heterocycles. The van der Waals surface area contributed by atoms with E-state index in [1.165, 1.54) is 12.8 Å². The largest absolute Gasteiger partial charge is 0.461 e. The van der Waals surface area contributed by atoms with E-state index in [1.54, 1.807) is 0 Å². The van der Waals surface area contributed by atoms with E-state index in [2.05, 4.69) is 20.8 Å². The van der Waals surface area contributed by atoms with Crippen molar-refractivity contribution in [1.29, 1.82) is 0 Å². The third kappa shape index (κ3) is 1.80. The fourth-order valence-corrected chi connectivity index (χ4v) is 6.51. The van der Waals surface area contributed by atoms with Crippen LogP contribution >= 0.6 is 0 Å². The van der Waals surface area contributed by atoms with Crippen molar-refractivity contribution in [2.45, 2.75) is 82.7 Å². The first-order valence-electron chi connectivity index (χ1n) is 8.82. The lowest BCUT2D eigenvalue weighted by Crippen LogP contribution is -2.63. The summed E-state index contributed by atoms with van der Waals surface area (Å²) in [6.07, 6.45) is 7.57. The molecule has 4 aliphatic rings. The summed E-state index contributed by atoms with van der Waals surface area (Å²) in [5, 5.41) is 0. The van der Waals surface area contributed by atoms with Gasteiger partial charge in [0.2, 0.25) is 0 Å². The van der Waals surface area contributed by atoms with Crippen LogP contribution in [0.3, 0.4) is 0 Å². The maximum Gasteiger partial charge on any atom is 0.293 e. The summed E-state index contributed by atoms with van der Waals surface area (Å²) in [6.45, 7) is 8.04. The SMILES string of the molecule is C[C@]12CC[C@H]3[C@](CC[C@@H]4[C@]3(C)CCC[C@]4(C)OC=O)(CO1)O2. The van der Waals surface area contributed by atoms with Gasteiger partial charge in [0.1, 0.15) is 5.60 Å². The van der Waals surface area contributed by atoms with E-state index in [0.717, 1.165) is 38.7 Å². The van der Waals surface area contributed by atoms with E-state index in [0.29, 0.717) is 18.3 Å². The summed E-state index contributed by atoms with van der Waals surface area (Å²) in [5.74, 6) is 0.587. The molecule has 4 nitrogen and oxygen atoms in total. The van der Waals surface area contributed by atoms with Crippen LogP contribution in [-0.2, 0) is 19.0 Å². The summed E-state index contributed by atoms with van der Waals surface area (Å²) >= 11 is 0. The molecule has 4 rings (SSSR count). The van der Waals surface area contributed by atoms with Crippen molar-refractivity contribution in [2.75, 3.05) is 6.61 Å². The first-order chi connectivity index (χ1) is 10.4. The Balaban J connectivity index is 1.70. The fourth-order valence-electron chi connectivity index (χ4n) is 6.51. The van der Waals surface area contributed by atoms with Gasteiger partial charge in [-0.2, -0.15) is 0 Å². The minimum absolute atomic E-state index is 0.0995. The minimum Gasteiger partial charge on any atom is -0.461 e. The van der Waals surface area contributed by atoms with Crippen LogP contribution in [0.1, 0.15) is 65.7 Å². The normalized spacial score (nSPS) is 56.9. The smallest absolute Gasteiger partial charge is 0.293 e. The molecule has 0 amide bonds.